The van der Waals surface area contributed by atoms with Gasteiger partial charge in [-0.15, -0.1) is 0 Å². The molecule has 0 saturated carbocycles. The third-order valence-corrected chi connectivity index (χ3v) is 1.04. The Balaban J connectivity index is 2.98. The summed E-state index contributed by atoms with van der Waals surface area (Å²) < 4.78 is 0. The van der Waals surface area contributed by atoms with Gasteiger partial charge in [-0.05, 0) is 13.3 Å². The van der Waals surface area contributed by atoms with Crippen LogP contribution in [0.3, 0.4) is 0 Å². The van der Waals surface area contributed by atoms with Crippen molar-refractivity contribution in [3.05, 3.63) is 11.8 Å². The summed E-state index contributed by atoms with van der Waals surface area (Å²) in [6.07, 6.45) is 3.00. The summed E-state index contributed by atoms with van der Waals surface area (Å²) in [5.74, 6) is 0. The fourth-order valence-corrected chi connectivity index (χ4v) is 0.492. The van der Waals surface area contributed by atoms with Gasteiger partial charge in [0.05, 0.1) is 6.04 Å². The zero-order valence-corrected chi connectivity index (χ0v) is 5.26. The van der Waals surface area contributed by atoms with E-state index in [0.717, 1.165) is 19.3 Å². The van der Waals surface area contributed by atoms with Crippen molar-refractivity contribution in [1.29, 1.82) is 0 Å². The van der Waals surface area contributed by atoms with E-state index >= 15 is 0 Å². The number of nitrogens with zero attached hydrogens (tertiary/aromatic N) is 1. The standard InChI is InChI=1S/C6H12NO/c1-3-4-5-6(2)7-8/h6H,2-5H2,1H3. The van der Waals surface area contributed by atoms with Gasteiger partial charge in [0.15, 0.2) is 0 Å². The van der Waals surface area contributed by atoms with Gasteiger partial charge >= 0.3 is 0 Å². The SMILES string of the molecule is [CH2]C(CCCC)N=O. The summed E-state index contributed by atoms with van der Waals surface area (Å²) in [5.41, 5.74) is 0. The Kier molecular flexibility index (Phi) is 4.51. The van der Waals surface area contributed by atoms with Crippen LogP contribution in [0.15, 0.2) is 5.18 Å². The molecule has 1 unspecified atom stereocenters. The van der Waals surface area contributed by atoms with Crippen LogP contribution in [0.25, 0.3) is 0 Å². The Labute approximate surface area is 50.3 Å². The number of nitroso groups, excluding NO2 is 1. The van der Waals surface area contributed by atoms with Crippen LogP contribution in [0, 0.1) is 11.8 Å². The molecule has 0 aliphatic heterocycles. The molecule has 0 aliphatic rings. The smallest absolute Gasteiger partial charge is 0.0920 e. The second-order valence-electron chi connectivity index (χ2n) is 1.90. The highest BCUT2D eigenvalue weighted by atomic mass is 16.3. The zero-order valence-electron chi connectivity index (χ0n) is 5.26. The largest absolute Gasteiger partial charge is 0.151 e. The number of hydrogen-bond acceptors (Lipinski definition) is 2. The molecule has 1 atom stereocenters. The molecule has 0 amide bonds. The van der Waals surface area contributed by atoms with Crippen molar-refractivity contribution in [2.75, 3.05) is 0 Å². The van der Waals surface area contributed by atoms with Gasteiger partial charge < -0.3 is 0 Å². The molecular formula is C6H12NO. The van der Waals surface area contributed by atoms with Gasteiger partial charge in [-0.1, -0.05) is 24.9 Å². The number of unbranched alkanes of at least 4 members (excludes halogenated alkanes) is 1. The quantitative estimate of drug-likeness (QED) is 0.515. The third kappa shape index (κ3) is 3.78. The minimum Gasteiger partial charge on any atom is -0.151 e. The average molecular weight is 114 g/mol. The van der Waals surface area contributed by atoms with Crippen LogP contribution in [0.5, 0.6) is 0 Å². The van der Waals surface area contributed by atoms with E-state index in [4.69, 9.17) is 0 Å². The Bertz CT molecular complexity index is 63.5. The Hall–Kier alpha value is -0.400. The lowest BCUT2D eigenvalue weighted by Gasteiger charge is -1.96. The van der Waals surface area contributed by atoms with Gasteiger partial charge in [-0.2, -0.15) is 4.91 Å². The van der Waals surface area contributed by atoms with Crippen LogP contribution in [-0.2, 0) is 0 Å². The predicted molar refractivity (Wildman–Crippen MR) is 34.5 cm³/mol. The number of rotatable bonds is 4. The zero-order chi connectivity index (χ0) is 6.41. The molecule has 0 bridgehead atoms. The molecule has 0 fully saturated rings. The summed E-state index contributed by atoms with van der Waals surface area (Å²) >= 11 is 0. The summed E-state index contributed by atoms with van der Waals surface area (Å²) in [6, 6.07) is -0.227. The van der Waals surface area contributed by atoms with Crippen LogP contribution in [0.2, 0.25) is 0 Å². The second-order valence-corrected chi connectivity index (χ2v) is 1.90. The summed E-state index contributed by atoms with van der Waals surface area (Å²) in [5, 5.41) is 2.76. The summed E-state index contributed by atoms with van der Waals surface area (Å²) in [4.78, 5) is 9.70. The molecule has 0 aliphatic carbocycles. The molecule has 47 valence electrons. The van der Waals surface area contributed by atoms with Gasteiger partial charge in [-0.25, -0.2) is 0 Å². The first-order valence-electron chi connectivity index (χ1n) is 2.96. The molecule has 1 radical (unpaired) electrons. The van der Waals surface area contributed by atoms with Gasteiger partial charge in [-0.3, -0.25) is 0 Å². The highest BCUT2D eigenvalue weighted by molar-refractivity contribution is 4.65. The molecule has 8 heavy (non-hydrogen) atoms. The molecule has 0 aromatic rings. The molecule has 0 heterocycles. The molecule has 0 spiro atoms. The van der Waals surface area contributed by atoms with E-state index in [1.807, 2.05) is 0 Å². The summed E-state index contributed by atoms with van der Waals surface area (Å²) in [6.45, 7) is 5.60. The van der Waals surface area contributed by atoms with Gasteiger partial charge in [0.25, 0.3) is 0 Å². The third-order valence-electron chi connectivity index (χ3n) is 1.04. The van der Waals surface area contributed by atoms with E-state index in [9.17, 15) is 4.91 Å². The molecular weight excluding hydrogens is 102 g/mol. The Morgan fingerprint density at radius 2 is 2.38 bits per heavy atom. The highest BCUT2D eigenvalue weighted by Gasteiger charge is 1.96. The lowest BCUT2D eigenvalue weighted by Crippen LogP contribution is -1.94. The van der Waals surface area contributed by atoms with Crippen molar-refractivity contribution in [3.63, 3.8) is 0 Å². The first-order valence-corrected chi connectivity index (χ1v) is 2.96. The maximum atomic E-state index is 9.70. The predicted octanol–water partition coefficient (Wildman–Crippen LogP) is 2.15. The molecule has 2 nitrogen and oxygen atoms in total. The highest BCUT2D eigenvalue weighted by Crippen LogP contribution is 2.01. The van der Waals surface area contributed by atoms with E-state index in [0.29, 0.717) is 0 Å². The van der Waals surface area contributed by atoms with E-state index in [-0.39, 0.29) is 6.04 Å². The van der Waals surface area contributed by atoms with Crippen LogP contribution >= 0.6 is 0 Å². The van der Waals surface area contributed by atoms with Crippen LogP contribution < -0.4 is 0 Å². The van der Waals surface area contributed by atoms with Crippen molar-refractivity contribution in [1.82, 2.24) is 0 Å². The van der Waals surface area contributed by atoms with Crippen LogP contribution in [0.4, 0.5) is 0 Å². The normalized spacial score (nSPS) is 13.2. The molecule has 2 heteroatoms. The monoisotopic (exact) mass is 114 g/mol. The minimum atomic E-state index is -0.227. The van der Waals surface area contributed by atoms with Crippen LogP contribution in [0.1, 0.15) is 26.2 Å². The minimum absolute atomic E-state index is 0.227. The van der Waals surface area contributed by atoms with Gasteiger partial charge in [0, 0.05) is 0 Å². The summed E-state index contributed by atoms with van der Waals surface area (Å²) in [7, 11) is 0. The fourth-order valence-electron chi connectivity index (χ4n) is 0.492. The first kappa shape index (κ1) is 7.60. The fraction of sp³-hybridized carbons (Fsp3) is 0.833. The van der Waals surface area contributed by atoms with Crippen molar-refractivity contribution in [2.24, 2.45) is 5.18 Å². The van der Waals surface area contributed by atoms with E-state index < -0.39 is 0 Å². The lowest BCUT2D eigenvalue weighted by molar-refractivity contribution is 0.651. The average Bonchev–Trinajstić information content (AvgIpc) is 1.83. The van der Waals surface area contributed by atoms with Crippen molar-refractivity contribution in [2.45, 2.75) is 32.2 Å². The maximum absolute atomic E-state index is 9.70. The topological polar surface area (TPSA) is 29.4 Å². The van der Waals surface area contributed by atoms with Crippen LogP contribution in [-0.4, -0.2) is 6.04 Å². The second kappa shape index (κ2) is 4.75. The Morgan fingerprint density at radius 1 is 1.75 bits per heavy atom. The van der Waals surface area contributed by atoms with Gasteiger partial charge in [0.2, 0.25) is 0 Å². The van der Waals surface area contributed by atoms with Crippen molar-refractivity contribution in [3.8, 4) is 0 Å². The molecule has 0 aromatic heterocycles. The van der Waals surface area contributed by atoms with Gasteiger partial charge in [0.1, 0.15) is 0 Å². The Morgan fingerprint density at radius 3 is 2.75 bits per heavy atom. The molecule has 0 aromatic carbocycles. The van der Waals surface area contributed by atoms with E-state index in [2.05, 4.69) is 19.0 Å². The number of hydrogen-bond donors (Lipinski definition) is 0. The maximum Gasteiger partial charge on any atom is 0.0920 e. The van der Waals surface area contributed by atoms with Crippen molar-refractivity contribution >= 4 is 0 Å². The van der Waals surface area contributed by atoms with E-state index in [1.165, 1.54) is 0 Å². The van der Waals surface area contributed by atoms with Crippen molar-refractivity contribution < 1.29 is 0 Å². The molecule has 0 N–H and O–H groups in total. The molecule has 0 rings (SSSR count). The first-order chi connectivity index (χ1) is 3.81. The molecule has 0 saturated heterocycles. The lowest BCUT2D eigenvalue weighted by atomic mass is 10.2. The van der Waals surface area contributed by atoms with E-state index in [1.54, 1.807) is 0 Å².